The third-order valence-electron chi connectivity index (χ3n) is 3.39. The van der Waals surface area contributed by atoms with Gasteiger partial charge in [0.1, 0.15) is 0 Å². The number of hydrogen-bond donors (Lipinski definition) is 2. The number of carbonyl (C=O) groups is 1. The zero-order chi connectivity index (χ0) is 16.8. The number of anilines is 2. The maximum atomic E-state index is 12.0. The van der Waals surface area contributed by atoms with E-state index in [1.54, 1.807) is 30.5 Å². The minimum Gasteiger partial charge on any atom is -0.373 e. The molecule has 0 saturated heterocycles. The highest BCUT2D eigenvalue weighted by Gasteiger charge is 2.11. The Bertz CT molecular complexity index is 649. The van der Waals surface area contributed by atoms with E-state index < -0.39 is 0 Å². The first-order valence-corrected chi connectivity index (χ1v) is 8.21. The van der Waals surface area contributed by atoms with Crippen molar-refractivity contribution in [2.24, 2.45) is 5.92 Å². The van der Waals surface area contributed by atoms with Gasteiger partial charge >= 0.3 is 0 Å². The molecule has 0 atom stereocenters. The summed E-state index contributed by atoms with van der Waals surface area (Å²) < 4.78 is 2.00. The fourth-order valence-electron chi connectivity index (χ4n) is 2.35. The Balaban J connectivity index is 1.93. The zero-order valence-corrected chi connectivity index (χ0v) is 14.5. The van der Waals surface area contributed by atoms with Crippen molar-refractivity contribution in [2.75, 3.05) is 17.2 Å². The topological polar surface area (TPSA) is 59.0 Å². The highest BCUT2D eigenvalue weighted by Crippen LogP contribution is 2.17. The second-order valence-corrected chi connectivity index (χ2v) is 6.28. The molecular formula is C17H23ClN4O. The number of nitrogens with one attached hydrogen (secondary N) is 2. The van der Waals surface area contributed by atoms with E-state index in [0.717, 1.165) is 30.0 Å². The molecule has 0 aliphatic heterocycles. The summed E-state index contributed by atoms with van der Waals surface area (Å²) in [6, 6.07) is 7.04. The normalized spacial score (nSPS) is 10.8. The fourth-order valence-corrected chi connectivity index (χ4v) is 2.47. The number of rotatable bonds is 7. The van der Waals surface area contributed by atoms with Crippen LogP contribution in [0.3, 0.4) is 0 Å². The Kier molecular flexibility index (Phi) is 6.04. The molecule has 2 N–H and O–H groups in total. The molecule has 0 aliphatic rings. The largest absolute Gasteiger partial charge is 0.373 e. The minimum atomic E-state index is -0.106. The van der Waals surface area contributed by atoms with E-state index in [1.165, 1.54) is 0 Å². The van der Waals surface area contributed by atoms with E-state index in [1.807, 2.05) is 4.68 Å². The number of carbonyl (C=O) groups excluding carboxylic acids is 1. The lowest BCUT2D eigenvalue weighted by Crippen LogP contribution is -2.22. The Morgan fingerprint density at radius 1 is 1.30 bits per heavy atom. The number of halogens is 1. The first kappa shape index (κ1) is 17.3. The summed E-state index contributed by atoms with van der Waals surface area (Å²) in [5.74, 6) is 0.423. The molecule has 0 radical (unpaired) electrons. The van der Waals surface area contributed by atoms with Gasteiger partial charge in [0.05, 0.1) is 24.1 Å². The van der Waals surface area contributed by atoms with Crippen LogP contribution >= 0.6 is 11.6 Å². The first-order chi connectivity index (χ1) is 11.0. The number of nitrogens with zero attached hydrogens (tertiary/aromatic N) is 2. The molecule has 0 saturated carbocycles. The van der Waals surface area contributed by atoms with Crippen LogP contribution in [-0.2, 0) is 17.8 Å². The lowest BCUT2D eigenvalue weighted by Gasteiger charge is -2.11. The van der Waals surface area contributed by atoms with Crippen molar-refractivity contribution in [3.8, 4) is 0 Å². The van der Waals surface area contributed by atoms with Crippen LogP contribution in [0.4, 0.5) is 11.4 Å². The molecular weight excluding hydrogens is 312 g/mol. The summed E-state index contributed by atoms with van der Waals surface area (Å²) in [4.78, 5) is 12.0. The number of amides is 1. The molecule has 1 aromatic carbocycles. The third-order valence-corrected chi connectivity index (χ3v) is 3.64. The van der Waals surface area contributed by atoms with Crippen LogP contribution in [0.15, 0.2) is 30.5 Å². The molecule has 1 heterocycles. The second kappa shape index (κ2) is 8.02. The van der Waals surface area contributed by atoms with Gasteiger partial charge in [-0.1, -0.05) is 32.4 Å². The maximum absolute atomic E-state index is 12.0. The molecule has 6 heteroatoms. The molecule has 0 spiro atoms. The number of hydrogen-bond acceptors (Lipinski definition) is 3. The van der Waals surface area contributed by atoms with E-state index in [0.29, 0.717) is 10.9 Å². The second-order valence-electron chi connectivity index (χ2n) is 5.84. The van der Waals surface area contributed by atoms with Gasteiger partial charge in [-0.05, 0) is 36.6 Å². The molecule has 0 aliphatic carbocycles. The average molecular weight is 335 g/mol. The van der Waals surface area contributed by atoms with Crippen LogP contribution in [0.2, 0.25) is 5.02 Å². The Labute approximate surface area is 142 Å². The van der Waals surface area contributed by atoms with Gasteiger partial charge in [0, 0.05) is 17.3 Å². The summed E-state index contributed by atoms with van der Waals surface area (Å²) in [6.07, 6.45) is 2.66. The number of benzene rings is 1. The van der Waals surface area contributed by atoms with Gasteiger partial charge in [-0.2, -0.15) is 5.10 Å². The monoisotopic (exact) mass is 334 g/mol. The smallest absolute Gasteiger partial charge is 0.243 e. The predicted molar refractivity (Wildman–Crippen MR) is 95.0 cm³/mol. The van der Waals surface area contributed by atoms with E-state index in [2.05, 4.69) is 36.5 Å². The molecule has 2 aromatic rings. The molecule has 5 nitrogen and oxygen atoms in total. The van der Waals surface area contributed by atoms with Crippen LogP contribution < -0.4 is 10.6 Å². The predicted octanol–water partition coefficient (Wildman–Crippen LogP) is 3.81. The Morgan fingerprint density at radius 3 is 2.61 bits per heavy atom. The van der Waals surface area contributed by atoms with Gasteiger partial charge in [0.15, 0.2) is 0 Å². The van der Waals surface area contributed by atoms with Crippen LogP contribution in [-0.4, -0.2) is 22.2 Å². The minimum absolute atomic E-state index is 0.106. The highest BCUT2D eigenvalue weighted by atomic mass is 35.5. The summed E-state index contributed by atoms with van der Waals surface area (Å²) in [7, 11) is 0. The van der Waals surface area contributed by atoms with E-state index in [9.17, 15) is 4.79 Å². The van der Waals surface area contributed by atoms with Crippen molar-refractivity contribution in [1.29, 1.82) is 0 Å². The molecule has 1 amide bonds. The number of aromatic nitrogens is 2. The molecule has 0 bridgehead atoms. The Morgan fingerprint density at radius 2 is 2.00 bits per heavy atom. The first-order valence-electron chi connectivity index (χ1n) is 7.83. The lowest BCUT2D eigenvalue weighted by atomic mass is 10.2. The SMILES string of the molecule is CCc1c(NCC(=O)Nc2ccc(Cl)cc2)cnn1CC(C)C. The fraction of sp³-hybridized carbons (Fsp3) is 0.412. The molecule has 0 unspecified atom stereocenters. The van der Waals surface area contributed by atoms with Gasteiger partial charge in [-0.25, -0.2) is 0 Å². The molecule has 0 fully saturated rings. The zero-order valence-electron chi connectivity index (χ0n) is 13.8. The van der Waals surface area contributed by atoms with Gasteiger partial charge in [-0.3, -0.25) is 9.48 Å². The van der Waals surface area contributed by atoms with Crippen molar-refractivity contribution < 1.29 is 4.79 Å². The van der Waals surface area contributed by atoms with E-state index >= 15 is 0 Å². The molecule has 2 rings (SSSR count). The van der Waals surface area contributed by atoms with Crippen LogP contribution in [0, 0.1) is 5.92 Å². The highest BCUT2D eigenvalue weighted by molar-refractivity contribution is 6.30. The van der Waals surface area contributed by atoms with Crippen molar-refractivity contribution in [2.45, 2.75) is 33.7 Å². The van der Waals surface area contributed by atoms with Crippen molar-refractivity contribution in [3.05, 3.63) is 41.2 Å². The van der Waals surface area contributed by atoms with Gasteiger partial charge < -0.3 is 10.6 Å². The Hall–Kier alpha value is -2.01. The lowest BCUT2D eigenvalue weighted by molar-refractivity contribution is -0.114. The molecule has 124 valence electrons. The summed E-state index contributed by atoms with van der Waals surface area (Å²) >= 11 is 5.83. The van der Waals surface area contributed by atoms with Gasteiger partial charge in [0.2, 0.25) is 5.91 Å². The molecule has 1 aromatic heterocycles. The average Bonchev–Trinajstić information content (AvgIpc) is 2.88. The van der Waals surface area contributed by atoms with Gasteiger partial charge in [0.25, 0.3) is 0 Å². The van der Waals surface area contributed by atoms with E-state index in [4.69, 9.17) is 11.6 Å². The maximum Gasteiger partial charge on any atom is 0.243 e. The van der Waals surface area contributed by atoms with Crippen LogP contribution in [0.5, 0.6) is 0 Å². The third kappa shape index (κ3) is 4.99. The van der Waals surface area contributed by atoms with E-state index in [-0.39, 0.29) is 12.5 Å². The van der Waals surface area contributed by atoms with Crippen LogP contribution in [0.25, 0.3) is 0 Å². The summed E-state index contributed by atoms with van der Waals surface area (Å²) in [5, 5.41) is 11.0. The van der Waals surface area contributed by atoms with Gasteiger partial charge in [-0.15, -0.1) is 0 Å². The van der Waals surface area contributed by atoms with Crippen molar-refractivity contribution >= 4 is 28.9 Å². The standard InChI is InChI=1S/C17H23ClN4O/c1-4-16-15(9-20-22(16)11-12(2)3)19-10-17(23)21-14-7-5-13(18)6-8-14/h5-9,12,19H,4,10-11H2,1-3H3,(H,21,23). The summed E-state index contributed by atoms with van der Waals surface area (Å²) in [5.41, 5.74) is 2.77. The van der Waals surface area contributed by atoms with Crippen molar-refractivity contribution in [3.63, 3.8) is 0 Å². The quantitative estimate of drug-likeness (QED) is 0.809. The molecule has 23 heavy (non-hydrogen) atoms. The summed E-state index contributed by atoms with van der Waals surface area (Å²) in [6.45, 7) is 7.49. The van der Waals surface area contributed by atoms with Crippen LogP contribution in [0.1, 0.15) is 26.5 Å². The van der Waals surface area contributed by atoms with Crippen molar-refractivity contribution in [1.82, 2.24) is 9.78 Å².